The summed E-state index contributed by atoms with van der Waals surface area (Å²) >= 11 is 0. The molecule has 1 saturated heterocycles. The number of carboxylic acid groups (broad SMARTS) is 1. The predicted octanol–water partition coefficient (Wildman–Crippen LogP) is 6.22. The zero-order valence-corrected chi connectivity index (χ0v) is 24.0. The van der Waals surface area contributed by atoms with Crippen LogP contribution in [0.1, 0.15) is 39.2 Å². The van der Waals surface area contributed by atoms with Gasteiger partial charge in [0, 0.05) is 12.6 Å². The number of para-hydroxylation sites is 2. The van der Waals surface area contributed by atoms with Crippen LogP contribution in [0.15, 0.2) is 79.1 Å². The van der Waals surface area contributed by atoms with Gasteiger partial charge in [-0.25, -0.2) is 4.98 Å². The average molecular weight is 570 g/mol. The molecule has 0 amide bonds. The van der Waals surface area contributed by atoms with Gasteiger partial charge in [0.15, 0.2) is 17.3 Å². The number of nitrogens with zero attached hydrogens (tertiary/aromatic N) is 4. The molecule has 5 rings (SSSR count). The highest BCUT2D eigenvalue weighted by Crippen LogP contribution is 2.31. The minimum atomic E-state index is -0.993. The van der Waals surface area contributed by atoms with Gasteiger partial charge in [-0.1, -0.05) is 30.3 Å². The van der Waals surface area contributed by atoms with Crippen LogP contribution in [-0.4, -0.2) is 51.8 Å². The van der Waals surface area contributed by atoms with Crippen LogP contribution in [-0.2, 0) is 10.2 Å². The lowest BCUT2D eigenvalue weighted by atomic mass is 9.85. The zero-order valence-electron chi connectivity index (χ0n) is 24.0. The second-order valence-corrected chi connectivity index (χ2v) is 10.5. The van der Waals surface area contributed by atoms with E-state index in [0.29, 0.717) is 42.0 Å². The van der Waals surface area contributed by atoms with Gasteiger partial charge in [-0.05, 0) is 69.5 Å². The zero-order chi connectivity index (χ0) is 29.5. The summed E-state index contributed by atoms with van der Waals surface area (Å²) in [5.41, 5.74) is -0.307. The number of aliphatic carboxylic acids is 1. The molecule has 218 valence electrons. The maximum Gasteiger partial charge on any atom is 0.313 e. The second kappa shape index (κ2) is 12.8. The molecule has 2 N–H and O–H groups in total. The number of hydrogen-bond acceptors (Lipinski definition) is 9. The fourth-order valence-corrected chi connectivity index (χ4v) is 4.67. The van der Waals surface area contributed by atoms with E-state index in [1.54, 1.807) is 56.6 Å². The molecule has 42 heavy (non-hydrogen) atoms. The molecule has 10 heteroatoms. The smallest absolute Gasteiger partial charge is 0.313 e. The first-order valence-electron chi connectivity index (χ1n) is 14.0. The summed E-state index contributed by atoms with van der Waals surface area (Å²) in [6, 6.07) is 20.1. The Bertz CT molecular complexity index is 1510. The van der Waals surface area contributed by atoms with Crippen molar-refractivity contribution in [2.24, 2.45) is 0 Å². The summed E-state index contributed by atoms with van der Waals surface area (Å²) in [7, 11) is 0. The van der Waals surface area contributed by atoms with Crippen molar-refractivity contribution in [3.8, 4) is 23.1 Å². The van der Waals surface area contributed by atoms with Crippen molar-refractivity contribution in [1.29, 1.82) is 0 Å². The Labute approximate surface area is 245 Å². The van der Waals surface area contributed by atoms with Crippen molar-refractivity contribution in [1.82, 2.24) is 15.0 Å². The minimum absolute atomic E-state index is 0.00136. The largest absolute Gasteiger partial charge is 0.490 e. The molecule has 2 aromatic heterocycles. The van der Waals surface area contributed by atoms with Crippen LogP contribution in [0.3, 0.4) is 0 Å². The van der Waals surface area contributed by atoms with Gasteiger partial charge in [-0.15, -0.1) is 0 Å². The highest BCUT2D eigenvalue weighted by molar-refractivity contribution is 5.80. The van der Waals surface area contributed by atoms with E-state index in [0.717, 1.165) is 36.7 Å². The lowest BCUT2D eigenvalue weighted by Gasteiger charge is -2.33. The van der Waals surface area contributed by atoms with Crippen LogP contribution in [0, 0.1) is 0 Å². The van der Waals surface area contributed by atoms with Gasteiger partial charge in [-0.2, -0.15) is 4.98 Å². The normalized spacial score (nSPS) is 15.1. The number of hydrogen-bond donors (Lipinski definition) is 2. The third kappa shape index (κ3) is 6.88. The third-order valence-corrected chi connectivity index (χ3v) is 7.08. The van der Waals surface area contributed by atoms with Gasteiger partial charge in [0.1, 0.15) is 23.5 Å². The standard InChI is InChI=1S/C32H35N5O5/c1-4-40-25-10-5-6-11-26(25)41-24-9-8-18-37(21-24)29-20-33-19-28(35-29)34-27-12-7-13-30(36-27)42-23-16-14-22(15-17-23)32(2,3)31(38)39/h5-7,10-17,19-20,24H,4,8-9,18,21H2,1-3H3,(H,38,39)(H,34,35,36)/t24-/m1/s1. The number of aromatic nitrogens is 3. The van der Waals surface area contributed by atoms with Crippen LogP contribution >= 0.6 is 0 Å². The van der Waals surface area contributed by atoms with Gasteiger partial charge in [0.2, 0.25) is 5.88 Å². The van der Waals surface area contributed by atoms with Crippen LogP contribution in [0.25, 0.3) is 0 Å². The van der Waals surface area contributed by atoms with Gasteiger partial charge in [0.05, 0.1) is 31.0 Å². The highest BCUT2D eigenvalue weighted by atomic mass is 16.5. The lowest BCUT2D eigenvalue weighted by Crippen LogP contribution is -2.41. The summed E-state index contributed by atoms with van der Waals surface area (Å²) < 4.78 is 18.0. The number of benzene rings is 2. The molecule has 10 nitrogen and oxygen atoms in total. The van der Waals surface area contributed by atoms with Crippen LogP contribution < -0.4 is 24.4 Å². The van der Waals surface area contributed by atoms with Gasteiger partial charge >= 0.3 is 5.97 Å². The van der Waals surface area contributed by atoms with Crippen LogP contribution in [0.4, 0.5) is 17.5 Å². The molecule has 0 saturated carbocycles. The minimum Gasteiger partial charge on any atom is -0.490 e. The molecule has 0 bridgehead atoms. The Morgan fingerprint density at radius 3 is 2.55 bits per heavy atom. The summed E-state index contributed by atoms with van der Waals surface area (Å²) in [4.78, 5) is 27.5. The van der Waals surface area contributed by atoms with Gasteiger partial charge < -0.3 is 29.5 Å². The summed E-state index contributed by atoms with van der Waals surface area (Å²) in [5, 5.41) is 12.7. The molecule has 1 aliphatic heterocycles. The molecule has 0 radical (unpaired) electrons. The maximum absolute atomic E-state index is 11.5. The molecular formula is C32H35N5O5. The van der Waals surface area contributed by atoms with E-state index in [4.69, 9.17) is 19.2 Å². The number of rotatable bonds is 11. The Morgan fingerprint density at radius 2 is 1.79 bits per heavy atom. The van der Waals surface area contributed by atoms with E-state index in [1.807, 2.05) is 43.3 Å². The number of carbonyl (C=O) groups is 1. The number of pyridine rings is 1. The molecule has 1 aliphatic rings. The van der Waals surface area contributed by atoms with Crippen molar-refractivity contribution >= 4 is 23.4 Å². The molecule has 3 heterocycles. The van der Waals surface area contributed by atoms with E-state index >= 15 is 0 Å². The van der Waals surface area contributed by atoms with Crippen molar-refractivity contribution < 1.29 is 24.1 Å². The van der Waals surface area contributed by atoms with E-state index < -0.39 is 11.4 Å². The average Bonchev–Trinajstić information content (AvgIpc) is 2.99. The van der Waals surface area contributed by atoms with Crippen molar-refractivity contribution in [2.45, 2.75) is 45.1 Å². The number of carboxylic acids is 1. The monoisotopic (exact) mass is 569 g/mol. The Kier molecular flexibility index (Phi) is 8.71. The van der Waals surface area contributed by atoms with E-state index in [1.165, 1.54) is 0 Å². The van der Waals surface area contributed by atoms with Crippen molar-refractivity contribution in [2.75, 3.05) is 29.9 Å². The molecule has 1 atom stereocenters. The SMILES string of the molecule is CCOc1ccccc1O[C@@H]1CCCN(c2cncc(Nc3cccc(Oc4ccc(C(C)(C)C(=O)O)cc4)n3)n2)C1. The summed E-state index contributed by atoms with van der Waals surface area (Å²) in [6.45, 7) is 7.41. The van der Waals surface area contributed by atoms with E-state index in [9.17, 15) is 9.90 Å². The van der Waals surface area contributed by atoms with Crippen LogP contribution in [0.5, 0.6) is 23.1 Å². The quantitative estimate of drug-likeness (QED) is 0.216. The highest BCUT2D eigenvalue weighted by Gasteiger charge is 2.29. The second-order valence-electron chi connectivity index (χ2n) is 10.5. The topological polar surface area (TPSA) is 119 Å². The summed E-state index contributed by atoms with van der Waals surface area (Å²) in [5.74, 6) is 3.41. The first kappa shape index (κ1) is 28.7. The molecule has 0 spiro atoms. The van der Waals surface area contributed by atoms with E-state index in [-0.39, 0.29) is 6.10 Å². The first-order valence-corrected chi connectivity index (χ1v) is 14.0. The maximum atomic E-state index is 11.5. The molecule has 2 aromatic carbocycles. The fraction of sp³-hybridized carbons (Fsp3) is 0.312. The van der Waals surface area contributed by atoms with Crippen molar-refractivity contribution in [3.05, 3.63) is 84.7 Å². The first-order chi connectivity index (χ1) is 20.3. The number of anilines is 3. The summed E-state index contributed by atoms with van der Waals surface area (Å²) in [6.07, 6.45) is 5.32. The Balaban J connectivity index is 1.23. The van der Waals surface area contributed by atoms with E-state index in [2.05, 4.69) is 20.2 Å². The molecule has 0 unspecified atom stereocenters. The number of piperidine rings is 1. The number of ether oxygens (including phenoxy) is 3. The van der Waals surface area contributed by atoms with Crippen LogP contribution in [0.2, 0.25) is 0 Å². The third-order valence-electron chi connectivity index (χ3n) is 7.08. The van der Waals surface area contributed by atoms with Crippen molar-refractivity contribution in [3.63, 3.8) is 0 Å². The lowest BCUT2D eigenvalue weighted by molar-refractivity contribution is -0.142. The Morgan fingerprint density at radius 1 is 1.00 bits per heavy atom. The predicted molar refractivity (Wildman–Crippen MR) is 160 cm³/mol. The molecule has 1 fully saturated rings. The van der Waals surface area contributed by atoms with Gasteiger partial charge in [0.25, 0.3) is 0 Å². The molecular weight excluding hydrogens is 534 g/mol. The number of nitrogens with one attached hydrogen (secondary N) is 1. The molecule has 0 aliphatic carbocycles. The Hall–Kier alpha value is -4.86. The fourth-order valence-electron chi connectivity index (χ4n) is 4.67. The van der Waals surface area contributed by atoms with Gasteiger partial charge in [-0.3, -0.25) is 9.78 Å². The molecule has 4 aromatic rings.